The molecule has 0 saturated heterocycles. The fraction of sp³-hybridized carbons (Fsp3) is 0.500. The summed E-state index contributed by atoms with van der Waals surface area (Å²) in [4.78, 5) is 17.0. The normalized spacial score (nSPS) is 14.9. The summed E-state index contributed by atoms with van der Waals surface area (Å²) in [5, 5.41) is 11.9. The SMILES string of the molecule is CN(CCNc1cccc(C(=O)O)n1)C1CC1. The topological polar surface area (TPSA) is 65.5 Å². The number of rotatable bonds is 6. The second-order valence-electron chi connectivity index (χ2n) is 4.35. The van der Waals surface area contributed by atoms with Crippen LogP contribution >= 0.6 is 0 Å². The molecule has 1 heterocycles. The highest BCUT2D eigenvalue weighted by molar-refractivity contribution is 5.85. The van der Waals surface area contributed by atoms with Crippen molar-refractivity contribution in [3.8, 4) is 0 Å². The van der Waals surface area contributed by atoms with Gasteiger partial charge >= 0.3 is 5.97 Å². The van der Waals surface area contributed by atoms with Crippen molar-refractivity contribution in [1.29, 1.82) is 0 Å². The molecule has 0 spiro atoms. The summed E-state index contributed by atoms with van der Waals surface area (Å²) in [5.74, 6) is -0.377. The zero-order valence-corrected chi connectivity index (χ0v) is 9.89. The summed E-state index contributed by atoms with van der Waals surface area (Å²) in [6.45, 7) is 1.73. The Bertz CT molecular complexity index is 404. The lowest BCUT2D eigenvalue weighted by Gasteiger charge is -2.15. The van der Waals surface area contributed by atoms with Crippen LogP contribution in [0.1, 0.15) is 23.3 Å². The van der Waals surface area contributed by atoms with Crippen LogP contribution in [0.3, 0.4) is 0 Å². The van der Waals surface area contributed by atoms with E-state index in [1.165, 1.54) is 18.9 Å². The number of nitrogens with one attached hydrogen (secondary N) is 1. The van der Waals surface area contributed by atoms with Crippen molar-refractivity contribution in [2.75, 3.05) is 25.5 Å². The van der Waals surface area contributed by atoms with Crippen LogP contribution in [0.5, 0.6) is 0 Å². The number of nitrogens with zero attached hydrogens (tertiary/aromatic N) is 2. The largest absolute Gasteiger partial charge is 0.477 e. The molecular formula is C12H17N3O2. The number of pyridine rings is 1. The minimum absolute atomic E-state index is 0.0746. The number of likely N-dealkylation sites (N-methyl/N-ethyl adjacent to an activating group) is 1. The molecule has 1 fully saturated rings. The molecule has 5 heteroatoms. The van der Waals surface area contributed by atoms with Crippen molar-refractivity contribution in [2.24, 2.45) is 0 Å². The number of hydrogen-bond donors (Lipinski definition) is 2. The van der Waals surface area contributed by atoms with Gasteiger partial charge < -0.3 is 15.3 Å². The van der Waals surface area contributed by atoms with Gasteiger partial charge in [0.25, 0.3) is 0 Å². The average Bonchev–Trinajstić information content (AvgIpc) is 3.13. The van der Waals surface area contributed by atoms with Crippen molar-refractivity contribution in [1.82, 2.24) is 9.88 Å². The first-order valence-electron chi connectivity index (χ1n) is 5.81. The summed E-state index contributed by atoms with van der Waals surface area (Å²) in [6.07, 6.45) is 2.59. The van der Waals surface area contributed by atoms with Gasteiger partial charge in [0, 0.05) is 19.1 Å². The molecule has 0 aromatic carbocycles. The highest BCUT2D eigenvalue weighted by Gasteiger charge is 2.25. The number of aromatic carboxylic acids is 1. The number of carboxylic acid groups (broad SMARTS) is 1. The van der Waals surface area contributed by atoms with E-state index in [-0.39, 0.29) is 5.69 Å². The third-order valence-corrected chi connectivity index (χ3v) is 2.91. The number of anilines is 1. The number of carbonyl (C=O) groups is 1. The Labute approximate surface area is 100 Å². The van der Waals surface area contributed by atoms with Crippen LogP contribution in [0.15, 0.2) is 18.2 Å². The van der Waals surface area contributed by atoms with E-state index in [0.717, 1.165) is 19.1 Å². The van der Waals surface area contributed by atoms with E-state index in [1.54, 1.807) is 12.1 Å². The quantitative estimate of drug-likeness (QED) is 0.777. The van der Waals surface area contributed by atoms with Crippen molar-refractivity contribution < 1.29 is 9.90 Å². The molecule has 0 bridgehead atoms. The molecule has 17 heavy (non-hydrogen) atoms. The highest BCUT2D eigenvalue weighted by atomic mass is 16.4. The molecule has 2 N–H and O–H groups in total. The molecule has 1 aromatic heterocycles. The summed E-state index contributed by atoms with van der Waals surface area (Å²) < 4.78 is 0. The van der Waals surface area contributed by atoms with E-state index in [1.807, 2.05) is 0 Å². The molecule has 1 saturated carbocycles. The van der Waals surface area contributed by atoms with Crippen LogP contribution in [-0.2, 0) is 0 Å². The lowest BCUT2D eigenvalue weighted by atomic mass is 10.3. The highest BCUT2D eigenvalue weighted by Crippen LogP contribution is 2.24. The summed E-state index contributed by atoms with van der Waals surface area (Å²) >= 11 is 0. The lowest BCUT2D eigenvalue weighted by Crippen LogP contribution is -2.27. The fourth-order valence-electron chi connectivity index (χ4n) is 1.71. The summed E-state index contributed by atoms with van der Waals surface area (Å²) in [5.41, 5.74) is 0.0746. The van der Waals surface area contributed by atoms with Gasteiger partial charge in [-0.25, -0.2) is 9.78 Å². The van der Waals surface area contributed by atoms with E-state index in [2.05, 4.69) is 22.2 Å². The van der Waals surface area contributed by atoms with Crippen LogP contribution in [0.2, 0.25) is 0 Å². The number of hydrogen-bond acceptors (Lipinski definition) is 4. The van der Waals surface area contributed by atoms with E-state index < -0.39 is 5.97 Å². The van der Waals surface area contributed by atoms with E-state index >= 15 is 0 Å². The van der Waals surface area contributed by atoms with Gasteiger partial charge in [-0.05, 0) is 32.0 Å². The molecule has 0 amide bonds. The molecule has 0 aliphatic heterocycles. The zero-order chi connectivity index (χ0) is 12.3. The molecule has 0 atom stereocenters. The summed E-state index contributed by atoms with van der Waals surface area (Å²) in [7, 11) is 2.11. The third kappa shape index (κ3) is 3.42. The van der Waals surface area contributed by atoms with Gasteiger partial charge in [-0.15, -0.1) is 0 Å². The Kier molecular flexibility index (Phi) is 3.58. The molecule has 5 nitrogen and oxygen atoms in total. The molecular weight excluding hydrogens is 218 g/mol. The van der Waals surface area contributed by atoms with Crippen LogP contribution in [0.4, 0.5) is 5.82 Å². The van der Waals surface area contributed by atoms with Gasteiger partial charge in [0.05, 0.1) is 0 Å². The fourth-order valence-corrected chi connectivity index (χ4v) is 1.71. The molecule has 0 radical (unpaired) electrons. The van der Waals surface area contributed by atoms with Gasteiger partial charge in [-0.3, -0.25) is 0 Å². The lowest BCUT2D eigenvalue weighted by molar-refractivity contribution is 0.0690. The first-order valence-corrected chi connectivity index (χ1v) is 5.81. The van der Waals surface area contributed by atoms with Gasteiger partial charge in [-0.2, -0.15) is 0 Å². The maximum Gasteiger partial charge on any atom is 0.354 e. The van der Waals surface area contributed by atoms with Crippen LogP contribution in [-0.4, -0.2) is 47.1 Å². The molecule has 1 aliphatic carbocycles. The minimum Gasteiger partial charge on any atom is -0.477 e. The Hall–Kier alpha value is -1.62. The predicted molar refractivity (Wildman–Crippen MR) is 65.3 cm³/mol. The Balaban J connectivity index is 1.81. The summed E-state index contributed by atoms with van der Waals surface area (Å²) in [6, 6.07) is 5.71. The van der Waals surface area contributed by atoms with Crippen molar-refractivity contribution >= 4 is 11.8 Å². The molecule has 1 aliphatic rings. The van der Waals surface area contributed by atoms with E-state index in [0.29, 0.717) is 5.82 Å². The average molecular weight is 235 g/mol. The second kappa shape index (κ2) is 5.14. The second-order valence-corrected chi connectivity index (χ2v) is 4.35. The Morgan fingerprint density at radius 2 is 2.35 bits per heavy atom. The third-order valence-electron chi connectivity index (χ3n) is 2.91. The first kappa shape index (κ1) is 11.9. The van der Waals surface area contributed by atoms with Gasteiger partial charge in [0.2, 0.25) is 0 Å². The van der Waals surface area contributed by atoms with E-state index in [4.69, 9.17) is 5.11 Å². The van der Waals surface area contributed by atoms with Crippen molar-refractivity contribution in [3.05, 3.63) is 23.9 Å². The van der Waals surface area contributed by atoms with Gasteiger partial charge in [0.1, 0.15) is 5.82 Å². The van der Waals surface area contributed by atoms with Crippen molar-refractivity contribution in [2.45, 2.75) is 18.9 Å². The number of carboxylic acids is 1. The Morgan fingerprint density at radius 1 is 1.59 bits per heavy atom. The van der Waals surface area contributed by atoms with Crippen LogP contribution in [0.25, 0.3) is 0 Å². The maximum absolute atomic E-state index is 10.7. The van der Waals surface area contributed by atoms with E-state index in [9.17, 15) is 4.79 Å². The Morgan fingerprint density at radius 3 is 3.00 bits per heavy atom. The van der Waals surface area contributed by atoms with Gasteiger partial charge in [-0.1, -0.05) is 6.07 Å². The minimum atomic E-state index is -0.997. The van der Waals surface area contributed by atoms with Crippen molar-refractivity contribution in [3.63, 3.8) is 0 Å². The van der Waals surface area contributed by atoms with Crippen LogP contribution < -0.4 is 5.32 Å². The molecule has 2 rings (SSSR count). The van der Waals surface area contributed by atoms with Gasteiger partial charge in [0.15, 0.2) is 5.69 Å². The maximum atomic E-state index is 10.7. The first-order chi connectivity index (χ1) is 8.16. The van der Waals surface area contributed by atoms with Crippen LogP contribution in [0, 0.1) is 0 Å². The molecule has 0 unspecified atom stereocenters. The smallest absolute Gasteiger partial charge is 0.354 e. The number of aromatic nitrogens is 1. The molecule has 1 aromatic rings. The molecule has 92 valence electrons. The standard InChI is InChI=1S/C12H17N3O2/c1-15(9-5-6-9)8-7-13-11-4-2-3-10(14-11)12(16)17/h2-4,9H,5-8H2,1H3,(H,13,14)(H,16,17). The monoisotopic (exact) mass is 235 g/mol. The zero-order valence-electron chi connectivity index (χ0n) is 9.89. The predicted octanol–water partition coefficient (Wildman–Crippen LogP) is 1.29.